The van der Waals surface area contributed by atoms with Gasteiger partial charge in [-0.25, -0.2) is 0 Å². The molecule has 86 valence electrons. The summed E-state index contributed by atoms with van der Waals surface area (Å²) in [5, 5.41) is 0. The van der Waals surface area contributed by atoms with E-state index in [-0.39, 0.29) is 0 Å². The van der Waals surface area contributed by atoms with Gasteiger partial charge in [-0.05, 0) is 29.5 Å². The van der Waals surface area contributed by atoms with Crippen LogP contribution in [-0.2, 0) is 0 Å². The number of ether oxygens (including phenoxy) is 1. The van der Waals surface area contributed by atoms with Gasteiger partial charge in [-0.2, -0.15) is 0 Å². The number of nitrogens with zero attached hydrogens (tertiary/aromatic N) is 1. The summed E-state index contributed by atoms with van der Waals surface area (Å²) in [7, 11) is 1.71. The van der Waals surface area contributed by atoms with Crippen LogP contribution in [0.4, 0.5) is 0 Å². The first-order valence-electron chi connectivity index (χ1n) is 5.78. The molecule has 0 aliphatic heterocycles. The van der Waals surface area contributed by atoms with Crippen molar-refractivity contribution in [1.82, 2.24) is 4.40 Å². The Morgan fingerprint density at radius 1 is 1.12 bits per heavy atom. The fourth-order valence-corrected chi connectivity index (χ4v) is 1.97. The quantitative estimate of drug-likeness (QED) is 0.764. The highest BCUT2D eigenvalue weighted by Crippen LogP contribution is 2.29. The molecule has 2 aromatic rings. The Hall–Kier alpha value is -1.44. The van der Waals surface area contributed by atoms with Crippen LogP contribution in [0.25, 0.3) is 5.52 Å². The van der Waals surface area contributed by atoms with Gasteiger partial charge in [-0.15, -0.1) is 0 Å². The van der Waals surface area contributed by atoms with Gasteiger partial charge in [0, 0.05) is 18.5 Å². The maximum absolute atomic E-state index is 5.27. The number of hydrogen-bond donors (Lipinski definition) is 0. The molecule has 0 bridgehead atoms. The van der Waals surface area contributed by atoms with Crippen molar-refractivity contribution >= 4 is 5.52 Å². The number of methoxy groups -OCH3 is 1. The van der Waals surface area contributed by atoms with Crippen molar-refractivity contribution in [2.45, 2.75) is 26.7 Å². The van der Waals surface area contributed by atoms with Crippen molar-refractivity contribution in [2.75, 3.05) is 7.11 Å². The molecule has 2 heterocycles. The standard InChI is InChI=1S/C14H19NO/c1-10(2)11(3)13-6-8-15-7-5-12(16-4)9-14(13)15/h5-11H,1-4H3. The second kappa shape index (κ2) is 4.20. The molecule has 0 aromatic carbocycles. The molecule has 0 aliphatic carbocycles. The predicted molar refractivity (Wildman–Crippen MR) is 67.2 cm³/mol. The fourth-order valence-electron chi connectivity index (χ4n) is 1.97. The highest BCUT2D eigenvalue weighted by molar-refractivity contribution is 5.60. The van der Waals surface area contributed by atoms with Gasteiger partial charge in [0.2, 0.25) is 0 Å². The molecule has 2 aromatic heterocycles. The Labute approximate surface area is 96.9 Å². The smallest absolute Gasteiger partial charge is 0.122 e. The summed E-state index contributed by atoms with van der Waals surface area (Å²) < 4.78 is 7.42. The first-order valence-corrected chi connectivity index (χ1v) is 5.78. The molecule has 0 saturated carbocycles. The summed E-state index contributed by atoms with van der Waals surface area (Å²) in [5.41, 5.74) is 2.65. The molecule has 0 aliphatic rings. The number of fused-ring (bicyclic) bond motifs is 1. The van der Waals surface area contributed by atoms with E-state index in [4.69, 9.17) is 4.74 Å². The third-order valence-electron chi connectivity index (χ3n) is 3.39. The van der Waals surface area contributed by atoms with E-state index < -0.39 is 0 Å². The number of hydrogen-bond acceptors (Lipinski definition) is 1. The van der Waals surface area contributed by atoms with Crippen molar-refractivity contribution in [3.05, 3.63) is 36.2 Å². The largest absolute Gasteiger partial charge is 0.497 e. The minimum absolute atomic E-state index is 0.567. The molecule has 0 saturated heterocycles. The van der Waals surface area contributed by atoms with Crippen molar-refractivity contribution < 1.29 is 4.74 Å². The van der Waals surface area contributed by atoms with E-state index in [0.717, 1.165) is 5.75 Å². The molecular weight excluding hydrogens is 198 g/mol. The zero-order valence-corrected chi connectivity index (χ0v) is 10.4. The lowest BCUT2D eigenvalue weighted by molar-refractivity contribution is 0.414. The summed E-state index contributed by atoms with van der Waals surface area (Å²) in [6.07, 6.45) is 4.16. The Kier molecular flexibility index (Phi) is 2.90. The molecule has 0 N–H and O–H groups in total. The zero-order valence-electron chi connectivity index (χ0n) is 10.4. The molecule has 0 amide bonds. The first-order chi connectivity index (χ1) is 7.63. The number of rotatable bonds is 3. The van der Waals surface area contributed by atoms with E-state index in [1.807, 2.05) is 12.3 Å². The van der Waals surface area contributed by atoms with Crippen molar-refractivity contribution in [3.63, 3.8) is 0 Å². The topological polar surface area (TPSA) is 13.6 Å². The van der Waals surface area contributed by atoms with E-state index in [1.165, 1.54) is 11.1 Å². The molecule has 16 heavy (non-hydrogen) atoms. The summed E-state index contributed by atoms with van der Waals surface area (Å²) in [6, 6.07) is 6.30. The van der Waals surface area contributed by atoms with E-state index in [2.05, 4.69) is 43.5 Å². The van der Waals surface area contributed by atoms with Gasteiger partial charge in [0.05, 0.1) is 12.6 Å². The molecule has 0 spiro atoms. The monoisotopic (exact) mass is 217 g/mol. The maximum atomic E-state index is 5.27. The molecular formula is C14H19NO. The zero-order chi connectivity index (χ0) is 11.7. The molecule has 2 nitrogen and oxygen atoms in total. The fraction of sp³-hybridized carbons (Fsp3) is 0.429. The van der Waals surface area contributed by atoms with Crippen LogP contribution in [0.3, 0.4) is 0 Å². The van der Waals surface area contributed by atoms with E-state index in [0.29, 0.717) is 11.8 Å². The lowest BCUT2D eigenvalue weighted by atomic mass is 9.91. The third-order valence-corrected chi connectivity index (χ3v) is 3.39. The highest BCUT2D eigenvalue weighted by Gasteiger charge is 2.14. The van der Waals surface area contributed by atoms with Crippen LogP contribution in [0.15, 0.2) is 30.6 Å². The summed E-state index contributed by atoms with van der Waals surface area (Å²) in [4.78, 5) is 0. The van der Waals surface area contributed by atoms with Crippen LogP contribution in [0.5, 0.6) is 5.75 Å². The van der Waals surface area contributed by atoms with Crippen molar-refractivity contribution in [1.29, 1.82) is 0 Å². The Morgan fingerprint density at radius 2 is 1.81 bits per heavy atom. The molecule has 0 radical (unpaired) electrons. The molecule has 0 fully saturated rings. The molecule has 2 rings (SSSR count). The second-order valence-corrected chi connectivity index (χ2v) is 4.66. The van der Waals surface area contributed by atoms with Crippen molar-refractivity contribution in [2.24, 2.45) is 5.92 Å². The van der Waals surface area contributed by atoms with Gasteiger partial charge in [-0.1, -0.05) is 20.8 Å². The van der Waals surface area contributed by atoms with E-state index >= 15 is 0 Å². The van der Waals surface area contributed by atoms with E-state index in [9.17, 15) is 0 Å². The minimum atomic E-state index is 0.567. The summed E-state index contributed by atoms with van der Waals surface area (Å²) in [5.74, 6) is 2.14. The molecule has 1 atom stereocenters. The summed E-state index contributed by atoms with van der Waals surface area (Å²) >= 11 is 0. The second-order valence-electron chi connectivity index (χ2n) is 4.66. The lowest BCUT2D eigenvalue weighted by Crippen LogP contribution is -2.01. The SMILES string of the molecule is COc1ccn2ccc(C(C)C(C)C)c2c1. The van der Waals surface area contributed by atoms with Crippen molar-refractivity contribution in [3.8, 4) is 5.75 Å². The number of pyridine rings is 1. The normalized spacial score (nSPS) is 13.3. The van der Waals surface area contributed by atoms with Crippen LogP contribution in [0.2, 0.25) is 0 Å². The van der Waals surface area contributed by atoms with Gasteiger partial charge in [0.1, 0.15) is 5.75 Å². The number of aromatic nitrogens is 1. The van der Waals surface area contributed by atoms with Crippen LogP contribution in [-0.4, -0.2) is 11.5 Å². The van der Waals surface area contributed by atoms with Gasteiger partial charge in [0.25, 0.3) is 0 Å². The first kappa shape index (κ1) is 11.1. The van der Waals surface area contributed by atoms with Gasteiger partial charge in [-0.3, -0.25) is 0 Å². The van der Waals surface area contributed by atoms with Gasteiger partial charge < -0.3 is 9.14 Å². The Bertz CT molecular complexity index is 484. The molecule has 2 heteroatoms. The Morgan fingerprint density at radius 3 is 2.44 bits per heavy atom. The van der Waals surface area contributed by atoms with Gasteiger partial charge in [0.15, 0.2) is 0 Å². The highest BCUT2D eigenvalue weighted by atomic mass is 16.5. The average Bonchev–Trinajstić information content (AvgIpc) is 2.70. The van der Waals surface area contributed by atoms with Gasteiger partial charge >= 0.3 is 0 Å². The van der Waals surface area contributed by atoms with Crippen LogP contribution in [0.1, 0.15) is 32.3 Å². The average molecular weight is 217 g/mol. The third kappa shape index (κ3) is 1.80. The van der Waals surface area contributed by atoms with Crippen LogP contribution in [0, 0.1) is 5.92 Å². The lowest BCUT2D eigenvalue weighted by Gasteiger charge is -2.15. The molecule has 1 unspecified atom stereocenters. The van der Waals surface area contributed by atoms with Crippen LogP contribution < -0.4 is 4.74 Å². The Balaban J connectivity index is 2.53. The summed E-state index contributed by atoms with van der Waals surface area (Å²) in [6.45, 7) is 6.79. The minimum Gasteiger partial charge on any atom is -0.497 e. The van der Waals surface area contributed by atoms with Crippen LogP contribution >= 0.6 is 0 Å². The predicted octanol–water partition coefficient (Wildman–Crippen LogP) is 3.71. The maximum Gasteiger partial charge on any atom is 0.122 e. The van der Waals surface area contributed by atoms with E-state index in [1.54, 1.807) is 7.11 Å².